The molecular formula is C10H11N3O5. The lowest BCUT2D eigenvalue weighted by atomic mass is 10.2. The number of rotatable bonds is 2. The summed E-state index contributed by atoms with van der Waals surface area (Å²) in [5, 5.41) is 24.0. The van der Waals surface area contributed by atoms with E-state index in [1.165, 1.54) is 6.07 Å². The van der Waals surface area contributed by atoms with Gasteiger partial charge in [0, 0.05) is 19.0 Å². The number of nitrogens with zero attached hydrogens (tertiary/aromatic N) is 2. The van der Waals surface area contributed by atoms with Gasteiger partial charge in [0.05, 0.1) is 6.10 Å². The Kier molecular flexibility index (Phi) is 3.11. The van der Waals surface area contributed by atoms with Crippen molar-refractivity contribution in [3.05, 3.63) is 28.2 Å². The summed E-state index contributed by atoms with van der Waals surface area (Å²) in [6.45, 7) is -0.0589. The molecule has 0 unspecified atom stereocenters. The second-order valence-corrected chi connectivity index (χ2v) is 4.01. The number of aliphatic hydroxyl groups is 1. The van der Waals surface area contributed by atoms with E-state index in [1.54, 1.807) is 0 Å². The molecular weight excluding hydrogens is 242 g/mol. The summed E-state index contributed by atoms with van der Waals surface area (Å²) >= 11 is 0. The van der Waals surface area contributed by atoms with Gasteiger partial charge in [0.2, 0.25) is 0 Å². The molecule has 2 rings (SSSR count). The van der Waals surface area contributed by atoms with E-state index in [1.807, 2.05) is 0 Å². The fourth-order valence-corrected chi connectivity index (χ4v) is 1.88. The Bertz CT molecular complexity index is 520. The zero-order valence-electron chi connectivity index (χ0n) is 9.24. The third-order valence-electron chi connectivity index (χ3n) is 2.72. The minimum atomic E-state index is -1.18. The number of carbonyl (C=O) groups excluding carboxylic acids is 1. The molecule has 18 heavy (non-hydrogen) atoms. The molecule has 1 saturated heterocycles. The van der Waals surface area contributed by atoms with Crippen molar-refractivity contribution in [3.63, 3.8) is 0 Å². The van der Waals surface area contributed by atoms with E-state index in [4.69, 9.17) is 5.11 Å². The molecule has 1 aromatic rings. The predicted octanol–water partition coefficient (Wildman–Crippen LogP) is -1.57. The lowest BCUT2D eigenvalue weighted by Gasteiger charge is -2.20. The van der Waals surface area contributed by atoms with Gasteiger partial charge in [-0.3, -0.25) is 9.59 Å². The molecule has 0 bridgehead atoms. The van der Waals surface area contributed by atoms with Crippen molar-refractivity contribution in [1.82, 2.24) is 15.1 Å². The third-order valence-corrected chi connectivity index (χ3v) is 2.72. The lowest BCUT2D eigenvalue weighted by Crippen LogP contribution is -2.41. The second kappa shape index (κ2) is 4.57. The van der Waals surface area contributed by atoms with E-state index in [0.29, 0.717) is 0 Å². The summed E-state index contributed by atoms with van der Waals surface area (Å²) in [7, 11) is 0. The number of likely N-dealkylation sites (tertiary alicyclic amines) is 1. The highest BCUT2D eigenvalue weighted by Gasteiger charge is 2.39. The second-order valence-electron chi connectivity index (χ2n) is 4.01. The van der Waals surface area contributed by atoms with Crippen LogP contribution in [0.4, 0.5) is 0 Å². The number of aliphatic hydroxyl groups excluding tert-OH is 1. The maximum atomic E-state index is 12.0. The fourth-order valence-electron chi connectivity index (χ4n) is 1.88. The SMILES string of the molecule is O=C(O)[C@@H]1C[C@@H](O)CN1C(=O)c1ccc(=O)[nH]n1. The smallest absolute Gasteiger partial charge is 0.326 e. The predicted molar refractivity (Wildman–Crippen MR) is 57.9 cm³/mol. The molecule has 3 N–H and O–H groups in total. The topological polar surface area (TPSA) is 124 Å². The average Bonchev–Trinajstić information content (AvgIpc) is 2.71. The first-order chi connectivity index (χ1) is 8.49. The standard InChI is InChI=1S/C10H11N3O5/c14-5-3-7(10(17)18)13(4-5)9(16)6-1-2-8(15)12-11-6/h1-2,5,7,14H,3-4H2,(H,12,15)(H,17,18)/t5-,7+/m1/s1. The Balaban J connectivity index is 2.25. The van der Waals surface area contributed by atoms with Crippen molar-refractivity contribution in [2.24, 2.45) is 0 Å². The molecule has 96 valence electrons. The molecule has 1 amide bonds. The number of aromatic amines is 1. The molecule has 1 fully saturated rings. The molecule has 2 heterocycles. The first kappa shape index (κ1) is 12.2. The Morgan fingerprint density at radius 2 is 2.17 bits per heavy atom. The summed E-state index contributed by atoms with van der Waals surface area (Å²) in [5.41, 5.74) is -0.516. The summed E-state index contributed by atoms with van der Waals surface area (Å²) < 4.78 is 0. The van der Waals surface area contributed by atoms with Crippen LogP contribution >= 0.6 is 0 Å². The normalized spacial score (nSPS) is 23.1. The number of β-amino-alcohol motifs (C(OH)–C–C–N with tert-alkyl or cyclic N) is 1. The molecule has 0 spiro atoms. The number of H-pyrrole nitrogens is 1. The first-order valence-electron chi connectivity index (χ1n) is 5.26. The van der Waals surface area contributed by atoms with Gasteiger partial charge >= 0.3 is 5.97 Å². The quantitative estimate of drug-likeness (QED) is 0.585. The van der Waals surface area contributed by atoms with Crippen LogP contribution in [0.2, 0.25) is 0 Å². The highest BCUT2D eigenvalue weighted by atomic mass is 16.4. The number of nitrogens with one attached hydrogen (secondary N) is 1. The fraction of sp³-hybridized carbons (Fsp3) is 0.400. The number of aliphatic carboxylic acids is 1. The van der Waals surface area contributed by atoms with Gasteiger partial charge in [-0.2, -0.15) is 5.10 Å². The minimum Gasteiger partial charge on any atom is -0.480 e. The van der Waals surface area contributed by atoms with E-state index < -0.39 is 29.6 Å². The Morgan fingerprint density at radius 1 is 1.44 bits per heavy atom. The van der Waals surface area contributed by atoms with Crippen molar-refractivity contribution in [2.75, 3.05) is 6.54 Å². The van der Waals surface area contributed by atoms with Crippen molar-refractivity contribution in [1.29, 1.82) is 0 Å². The van der Waals surface area contributed by atoms with Crippen molar-refractivity contribution in [2.45, 2.75) is 18.6 Å². The largest absolute Gasteiger partial charge is 0.480 e. The Labute approximate surface area is 101 Å². The number of carbonyl (C=O) groups is 2. The minimum absolute atomic E-state index is 0.00950. The number of aromatic nitrogens is 2. The van der Waals surface area contributed by atoms with Gasteiger partial charge in [0.25, 0.3) is 11.5 Å². The molecule has 1 aliphatic heterocycles. The number of hydrogen-bond acceptors (Lipinski definition) is 5. The van der Waals surface area contributed by atoms with E-state index in [-0.39, 0.29) is 18.7 Å². The summed E-state index contributed by atoms with van der Waals surface area (Å²) in [6, 6.07) is 1.27. The van der Waals surface area contributed by atoms with Crippen LogP contribution in [0.5, 0.6) is 0 Å². The number of amides is 1. The maximum absolute atomic E-state index is 12.0. The summed E-state index contributed by atoms with van der Waals surface area (Å²) in [4.78, 5) is 34.8. The molecule has 8 heteroatoms. The van der Waals surface area contributed by atoms with Crippen molar-refractivity contribution >= 4 is 11.9 Å². The van der Waals surface area contributed by atoms with Gasteiger partial charge < -0.3 is 15.1 Å². The first-order valence-corrected chi connectivity index (χ1v) is 5.26. The van der Waals surface area contributed by atoms with Crippen LogP contribution in [0, 0.1) is 0 Å². The zero-order valence-corrected chi connectivity index (χ0v) is 9.24. The molecule has 0 radical (unpaired) electrons. The number of hydrogen-bond donors (Lipinski definition) is 3. The molecule has 8 nitrogen and oxygen atoms in total. The third kappa shape index (κ3) is 2.23. The lowest BCUT2D eigenvalue weighted by molar-refractivity contribution is -0.141. The van der Waals surface area contributed by atoms with E-state index in [0.717, 1.165) is 11.0 Å². The van der Waals surface area contributed by atoms with Crippen LogP contribution in [0.3, 0.4) is 0 Å². The van der Waals surface area contributed by atoms with E-state index in [2.05, 4.69) is 10.2 Å². The molecule has 2 atom stereocenters. The molecule has 0 aliphatic carbocycles. The molecule has 1 aromatic heterocycles. The van der Waals surface area contributed by atoms with E-state index in [9.17, 15) is 19.5 Å². The van der Waals surface area contributed by atoms with Crippen LogP contribution in [0.15, 0.2) is 16.9 Å². The highest BCUT2D eigenvalue weighted by molar-refractivity contribution is 5.95. The Morgan fingerprint density at radius 3 is 2.72 bits per heavy atom. The summed E-state index contributed by atoms with van der Waals surface area (Å²) in [6.07, 6.45) is -0.873. The van der Waals surface area contributed by atoms with Crippen molar-refractivity contribution < 1.29 is 19.8 Å². The monoisotopic (exact) mass is 253 g/mol. The number of carboxylic acids is 1. The highest BCUT2D eigenvalue weighted by Crippen LogP contribution is 2.19. The maximum Gasteiger partial charge on any atom is 0.326 e. The van der Waals surface area contributed by atoms with Gasteiger partial charge in [0.1, 0.15) is 11.7 Å². The van der Waals surface area contributed by atoms with Crippen LogP contribution in [0.1, 0.15) is 16.9 Å². The Hall–Kier alpha value is -2.22. The van der Waals surface area contributed by atoms with Crippen LogP contribution in [-0.2, 0) is 4.79 Å². The van der Waals surface area contributed by atoms with Gasteiger partial charge in [-0.1, -0.05) is 0 Å². The van der Waals surface area contributed by atoms with Crippen molar-refractivity contribution in [3.8, 4) is 0 Å². The van der Waals surface area contributed by atoms with Gasteiger partial charge in [-0.25, -0.2) is 9.89 Å². The van der Waals surface area contributed by atoms with Gasteiger partial charge in [0.15, 0.2) is 0 Å². The van der Waals surface area contributed by atoms with E-state index >= 15 is 0 Å². The number of carboxylic acid groups (broad SMARTS) is 1. The molecule has 1 aliphatic rings. The zero-order chi connectivity index (χ0) is 13.3. The summed E-state index contributed by atoms with van der Waals surface area (Å²) in [5.74, 6) is -1.81. The van der Waals surface area contributed by atoms with Crippen LogP contribution in [-0.4, -0.2) is 55.9 Å². The van der Waals surface area contributed by atoms with Gasteiger partial charge in [-0.05, 0) is 6.07 Å². The van der Waals surface area contributed by atoms with Crippen LogP contribution in [0.25, 0.3) is 0 Å². The van der Waals surface area contributed by atoms with Gasteiger partial charge in [-0.15, -0.1) is 0 Å². The average molecular weight is 253 g/mol. The molecule has 0 aromatic carbocycles. The molecule has 0 saturated carbocycles. The van der Waals surface area contributed by atoms with Crippen LogP contribution < -0.4 is 5.56 Å².